The highest BCUT2D eigenvalue weighted by Crippen LogP contribution is 2.12. The Morgan fingerprint density at radius 3 is 2.67 bits per heavy atom. The molecule has 1 aliphatic heterocycles. The Hall–Kier alpha value is -1.68. The standard InChI is InChI=1S/C11H10O4/c12-9-6-7-14-11(15-9)10(13)8-4-2-1-3-5-8/h1-5,11H,6-7H2. The molecule has 2 rings (SSSR count). The molecule has 4 nitrogen and oxygen atoms in total. The van der Waals surface area contributed by atoms with Crippen molar-refractivity contribution in [2.24, 2.45) is 0 Å². The lowest BCUT2D eigenvalue weighted by Crippen LogP contribution is -2.35. The molecule has 0 aliphatic carbocycles. The minimum absolute atomic E-state index is 0.207. The lowest BCUT2D eigenvalue weighted by Gasteiger charge is -2.21. The van der Waals surface area contributed by atoms with Gasteiger partial charge in [-0.15, -0.1) is 0 Å². The van der Waals surface area contributed by atoms with Gasteiger partial charge in [-0.2, -0.15) is 0 Å². The fourth-order valence-electron chi connectivity index (χ4n) is 1.33. The zero-order valence-corrected chi connectivity index (χ0v) is 8.01. The van der Waals surface area contributed by atoms with Crippen molar-refractivity contribution in [1.29, 1.82) is 0 Å². The third-order valence-corrected chi connectivity index (χ3v) is 2.09. The minimum Gasteiger partial charge on any atom is -0.427 e. The normalized spacial score (nSPS) is 20.8. The Morgan fingerprint density at radius 1 is 1.27 bits per heavy atom. The van der Waals surface area contributed by atoms with Crippen LogP contribution in [-0.2, 0) is 14.3 Å². The molecule has 0 spiro atoms. The van der Waals surface area contributed by atoms with E-state index in [2.05, 4.69) is 0 Å². The zero-order valence-electron chi connectivity index (χ0n) is 8.01. The summed E-state index contributed by atoms with van der Waals surface area (Å²) in [5, 5.41) is 0. The number of hydrogen-bond donors (Lipinski definition) is 0. The molecule has 0 amide bonds. The van der Waals surface area contributed by atoms with Crippen molar-refractivity contribution in [2.75, 3.05) is 6.61 Å². The van der Waals surface area contributed by atoms with Crippen LogP contribution in [0.4, 0.5) is 0 Å². The number of carbonyl (C=O) groups is 2. The third-order valence-electron chi connectivity index (χ3n) is 2.09. The van der Waals surface area contributed by atoms with Gasteiger partial charge in [0.25, 0.3) is 6.29 Å². The Kier molecular flexibility index (Phi) is 2.78. The molecule has 1 aliphatic rings. The van der Waals surface area contributed by atoms with Crippen LogP contribution in [0.5, 0.6) is 0 Å². The maximum Gasteiger partial charge on any atom is 0.310 e. The van der Waals surface area contributed by atoms with Gasteiger partial charge in [0.1, 0.15) is 0 Å². The van der Waals surface area contributed by atoms with Gasteiger partial charge >= 0.3 is 5.97 Å². The number of esters is 1. The van der Waals surface area contributed by atoms with Crippen LogP contribution in [0.25, 0.3) is 0 Å². The smallest absolute Gasteiger partial charge is 0.310 e. The lowest BCUT2D eigenvalue weighted by atomic mass is 10.1. The van der Waals surface area contributed by atoms with Gasteiger partial charge in [-0.05, 0) is 0 Å². The summed E-state index contributed by atoms with van der Waals surface area (Å²) in [5.74, 6) is -0.709. The predicted octanol–water partition coefficient (Wildman–Crippen LogP) is 1.16. The van der Waals surface area contributed by atoms with Crippen LogP contribution >= 0.6 is 0 Å². The lowest BCUT2D eigenvalue weighted by molar-refractivity contribution is -0.184. The summed E-state index contributed by atoms with van der Waals surface area (Å²) in [6.07, 6.45) is -0.868. The maximum absolute atomic E-state index is 11.7. The molecule has 1 aromatic carbocycles. The molecule has 1 atom stereocenters. The first kappa shape index (κ1) is 9.86. The Balaban J connectivity index is 2.11. The second-order valence-electron chi connectivity index (χ2n) is 3.17. The van der Waals surface area contributed by atoms with Gasteiger partial charge < -0.3 is 9.47 Å². The second-order valence-corrected chi connectivity index (χ2v) is 3.17. The van der Waals surface area contributed by atoms with Gasteiger partial charge in [0.05, 0.1) is 13.0 Å². The van der Waals surface area contributed by atoms with Crippen LogP contribution in [0.3, 0.4) is 0 Å². The topological polar surface area (TPSA) is 52.6 Å². The number of benzene rings is 1. The van der Waals surface area contributed by atoms with Crippen molar-refractivity contribution in [3.8, 4) is 0 Å². The van der Waals surface area contributed by atoms with Gasteiger partial charge in [0, 0.05) is 5.56 Å². The Labute approximate surface area is 86.8 Å². The molecular formula is C11H10O4. The first-order chi connectivity index (χ1) is 7.27. The maximum atomic E-state index is 11.7. The van der Waals surface area contributed by atoms with Crippen molar-refractivity contribution in [1.82, 2.24) is 0 Å². The van der Waals surface area contributed by atoms with Crippen LogP contribution in [-0.4, -0.2) is 24.6 Å². The molecule has 4 heteroatoms. The van der Waals surface area contributed by atoms with E-state index in [1.807, 2.05) is 6.07 Å². The van der Waals surface area contributed by atoms with E-state index in [0.717, 1.165) is 0 Å². The number of carbonyl (C=O) groups excluding carboxylic acids is 2. The average molecular weight is 206 g/mol. The number of Topliss-reactive ketones (excluding diaryl/α,β-unsaturated/α-hetero) is 1. The van der Waals surface area contributed by atoms with Gasteiger partial charge in [-0.3, -0.25) is 9.59 Å². The van der Waals surface area contributed by atoms with Gasteiger partial charge in [-0.1, -0.05) is 30.3 Å². The van der Waals surface area contributed by atoms with Crippen LogP contribution < -0.4 is 0 Å². The minimum atomic E-state index is -1.08. The van der Waals surface area contributed by atoms with Crippen LogP contribution in [0.15, 0.2) is 30.3 Å². The van der Waals surface area contributed by atoms with Gasteiger partial charge in [-0.25, -0.2) is 0 Å². The molecular weight excluding hydrogens is 196 g/mol. The second kappa shape index (κ2) is 4.23. The molecule has 1 aromatic rings. The van der Waals surface area contributed by atoms with E-state index >= 15 is 0 Å². The average Bonchev–Trinajstić information content (AvgIpc) is 2.29. The molecule has 0 saturated carbocycles. The molecule has 15 heavy (non-hydrogen) atoms. The Morgan fingerprint density at radius 2 is 2.00 bits per heavy atom. The predicted molar refractivity (Wildman–Crippen MR) is 51.2 cm³/mol. The number of cyclic esters (lactones) is 1. The summed E-state index contributed by atoms with van der Waals surface area (Å²) in [6, 6.07) is 8.63. The van der Waals surface area contributed by atoms with Crippen LogP contribution in [0, 0.1) is 0 Å². The summed E-state index contributed by atoms with van der Waals surface area (Å²) < 4.78 is 9.86. The molecule has 0 N–H and O–H groups in total. The summed E-state index contributed by atoms with van der Waals surface area (Å²) in [5.41, 5.74) is 0.484. The van der Waals surface area contributed by atoms with E-state index in [-0.39, 0.29) is 18.8 Å². The highest BCUT2D eigenvalue weighted by molar-refractivity contribution is 5.99. The van der Waals surface area contributed by atoms with Crippen molar-refractivity contribution in [3.63, 3.8) is 0 Å². The molecule has 78 valence electrons. The fraction of sp³-hybridized carbons (Fsp3) is 0.273. The summed E-state index contributed by atoms with van der Waals surface area (Å²) in [7, 11) is 0. The quantitative estimate of drug-likeness (QED) is 0.538. The van der Waals surface area contributed by atoms with E-state index in [4.69, 9.17) is 9.47 Å². The van der Waals surface area contributed by atoms with E-state index < -0.39 is 12.3 Å². The highest BCUT2D eigenvalue weighted by Gasteiger charge is 2.28. The molecule has 0 bridgehead atoms. The molecule has 0 radical (unpaired) electrons. The fourth-order valence-corrected chi connectivity index (χ4v) is 1.33. The van der Waals surface area contributed by atoms with Crippen LogP contribution in [0.1, 0.15) is 16.8 Å². The van der Waals surface area contributed by atoms with E-state index in [9.17, 15) is 9.59 Å². The van der Waals surface area contributed by atoms with Crippen molar-refractivity contribution in [3.05, 3.63) is 35.9 Å². The first-order valence-electron chi connectivity index (χ1n) is 4.68. The van der Waals surface area contributed by atoms with Gasteiger partial charge in [0.15, 0.2) is 0 Å². The van der Waals surface area contributed by atoms with E-state index in [1.165, 1.54) is 0 Å². The zero-order chi connectivity index (χ0) is 10.7. The number of hydrogen-bond acceptors (Lipinski definition) is 4. The monoisotopic (exact) mass is 206 g/mol. The largest absolute Gasteiger partial charge is 0.427 e. The van der Waals surface area contributed by atoms with E-state index in [0.29, 0.717) is 5.56 Å². The summed E-state index contributed by atoms with van der Waals surface area (Å²) in [6.45, 7) is 0.238. The molecule has 1 saturated heterocycles. The third kappa shape index (κ3) is 2.22. The number of rotatable bonds is 2. The van der Waals surface area contributed by atoms with Crippen molar-refractivity contribution >= 4 is 11.8 Å². The molecule has 1 unspecified atom stereocenters. The van der Waals surface area contributed by atoms with Crippen molar-refractivity contribution in [2.45, 2.75) is 12.7 Å². The summed E-state index contributed by atoms with van der Waals surface area (Å²) in [4.78, 5) is 22.7. The Bertz CT molecular complexity index is 371. The number of ketones is 1. The molecule has 0 aromatic heterocycles. The molecule has 1 fully saturated rings. The van der Waals surface area contributed by atoms with Crippen molar-refractivity contribution < 1.29 is 19.1 Å². The number of ether oxygens (including phenoxy) is 2. The highest BCUT2D eigenvalue weighted by atomic mass is 16.7. The van der Waals surface area contributed by atoms with Gasteiger partial charge in [0.2, 0.25) is 5.78 Å². The van der Waals surface area contributed by atoms with E-state index in [1.54, 1.807) is 24.3 Å². The molecule has 1 heterocycles. The SMILES string of the molecule is O=C1CCOC(C(=O)c2ccccc2)O1. The first-order valence-corrected chi connectivity index (χ1v) is 4.68. The van der Waals surface area contributed by atoms with Crippen LogP contribution in [0.2, 0.25) is 0 Å². The summed E-state index contributed by atoms with van der Waals surface area (Å²) >= 11 is 0.